The Balaban J connectivity index is 2.15. The fourth-order valence-electron chi connectivity index (χ4n) is 2.56. The minimum Gasteiger partial charge on any atom is -0.463 e. The summed E-state index contributed by atoms with van der Waals surface area (Å²) in [6.45, 7) is 1.85. The molecule has 1 aliphatic carbocycles. The minimum atomic E-state index is -0.498. The van der Waals surface area contributed by atoms with E-state index < -0.39 is 5.97 Å². The zero-order valence-electron chi connectivity index (χ0n) is 12.2. The van der Waals surface area contributed by atoms with Crippen LogP contribution in [0.3, 0.4) is 0 Å². The molecule has 2 unspecified atom stereocenters. The number of methoxy groups -OCH3 is 1. The van der Waals surface area contributed by atoms with E-state index in [1.165, 1.54) is 26.4 Å². The molecule has 0 aromatic carbocycles. The molecule has 110 valence electrons. The standard InChI is InChI=1S/C14H21N3O2S/c1-9-8-12(17-13(15-9)14(18)19-2)16-10-6-4-5-7-11(10)20-3/h8,10-11H,4-7H2,1-3H3,(H,15,16,17). The van der Waals surface area contributed by atoms with E-state index in [9.17, 15) is 4.79 Å². The lowest BCUT2D eigenvalue weighted by Gasteiger charge is -2.31. The van der Waals surface area contributed by atoms with Gasteiger partial charge in [0, 0.05) is 23.1 Å². The van der Waals surface area contributed by atoms with Gasteiger partial charge in [-0.25, -0.2) is 14.8 Å². The molecule has 2 rings (SSSR count). The number of aromatic nitrogens is 2. The molecule has 1 aromatic rings. The summed E-state index contributed by atoms with van der Waals surface area (Å²) in [4.78, 5) is 19.9. The van der Waals surface area contributed by atoms with Crippen molar-refractivity contribution in [3.8, 4) is 0 Å². The monoisotopic (exact) mass is 295 g/mol. The molecule has 20 heavy (non-hydrogen) atoms. The molecule has 2 atom stereocenters. The van der Waals surface area contributed by atoms with Crippen molar-refractivity contribution < 1.29 is 9.53 Å². The average Bonchev–Trinajstić information content (AvgIpc) is 2.46. The van der Waals surface area contributed by atoms with Crippen molar-refractivity contribution in [2.24, 2.45) is 0 Å². The van der Waals surface area contributed by atoms with Gasteiger partial charge in [-0.1, -0.05) is 12.8 Å². The van der Waals surface area contributed by atoms with Crippen LogP contribution in [0.5, 0.6) is 0 Å². The molecule has 1 aliphatic rings. The van der Waals surface area contributed by atoms with Gasteiger partial charge in [-0.3, -0.25) is 0 Å². The van der Waals surface area contributed by atoms with Crippen molar-refractivity contribution in [2.45, 2.75) is 43.9 Å². The second-order valence-corrected chi connectivity index (χ2v) is 6.10. The Morgan fingerprint density at radius 2 is 2.15 bits per heavy atom. The number of rotatable bonds is 4. The van der Waals surface area contributed by atoms with E-state index in [1.807, 2.05) is 24.8 Å². The Bertz CT molecular complexity index is 481. The Labute approximate surface area is 123 Å². The van der Waals surface area contributed by atoms with Gasteiger partial charge in [0.15, 0.2) is 0 Å². The molecule has 1 heterocycles. The summed E-state index contributed by atoms with van der Waals surface area (Å²) in [5.74, 6) is 0.331. The van der Waals surface area contributed by atoms with E-state index >= 15 is 0 Å². The van der Waals surface area contributed by atoms with Crippen LogP contribution in [-0.4, -0.2) is 40.6 Å². The number of carbonyl (C=O) groups excluding carboxylic acids is 1. The molecule has 0 radical (unpaired) electrons. The van der Waals surface area contributed by atoms with Crippen LogP contribution in [0.4, 0.5) is 5.82 Å². The molecule has 1 N–H and O–H groups in total. The Hall–Kier alpha value is -1.30. The summed E-state index contributed by atoms with van der Waals surface area (Å²) < 4.78 is 4.68. The Morgan fingerprint density at radius 3 is 2.85 bits per heavy atom. The molecule has 0 amide bonds. The van der Waals surface area contributed by atoms with E-state index in [0.717, 1.165) is 12.1 Å². The SMILES string of the molecule is COC(=O)c1nc(C)cc(NC2CCCCC2SC)n1. The van der Waals surface area contributed by atoms with Crippen LogP contribution in [-0.2, 0) is 4.74 Å². The molecule has 6 heteroatoms. The number of nitrogens with zero attached hydrogens (tertiary/aromatic N) is 2. The molecule has 0 saturated heterocycles. The summed E-state index contributed by atoms with van der Waals surface area (Å²) in [6.07, 6.45) is 7.05. The van der Waals surface area contributed by atoms with Crippen LogP contribution in [0.1, 0.15) is 42.0 Å². The normalized spacial score (nSPS) is 22.4. The zero-order chi connectivity index (χ0) is 14.5. The third-order valence-corrected chi connectivity index (χ3v) is 4.73. The van der Waals surface area contributed by atoms with Gasteiger partial charge in [0.05, 0.1) is 7.11 Å². The number of hydrogen-bond acceptors (Lipinski definition) is 6. The minimum absolute atomic E-state index is 0.117. The summed E-state index contributed by atoms with van der Waals surface area (Å²) in [5, 5.41) is 4.06. The molecular weight excluding hydrogens is 274 g/mol. The maximum atomic E-state index is 11.6. The van der Waals surface area contributed by atoms with Gasteiger partial charge in [-0.2, -0.15) is 11.8 Å². The topological polar surface area (TPSA) is 64.1 Å². The van der Waals surface area contributed by atoms with E-state index in [1.54, 1.807) is 0 Å². The van der Waals surface area contributed by atoms with Crippen molar-refractivity contribution >= 4 is 23.5 Å². The van der Waals surface area contributed by atoms with Crippen molar-refractivity contribution in [3.05, 3.63) is 17.6 Å². The summed E-state index contributed by atoms with van der Waals surface area (Å²) in [6, 6.07) is 2.27. The highest BCUT2D eigenvalue weighted by Crippen LogP contribution is 2.29. The largest absolute Gasteiger partial charge is 0.463 e. The molecule has 1 aromatic heterocycles. The maximum absolute atomic E-state index is 11.6. The lowest BCUT2D eigenvalue weighted by molar-refractivity contribution is 0.0586. The van der Waals surface area contributed by atoms with Crippen molar-refractivity contribution in [1.82, 2.24) is 9.97 Å². The predicted molar refractivity (Wildman–Crippen MR) is 81.3 cm³/mol. The highest BCUT2D eigenvalue weighted by atomic mass is 32.2. The first-order chi connectivity index (χ1) is 9.63. The second-order valence-electron chi connectivity index (χ2n) is 5.02. The maximum Gasteiger partial charge on any atom is 0.376 e. The number of nitrogens with one attached hydrogen (secondary N) is 1. The van der Waals surface area contributed by atoms with Crippen molar-refractivity contribution in [3.63, 3.8) is 0 Å². The van der Waals surface area contributed by atoms with Crippen molar-refractivity contribution in [2.75, 3.05) is 18.7 Å². The van der Waals surface area contributed by atoms with Gasteiger partial charge in [0.1, 0.15) is 5.82 Å². The van der Waals surface area contributed by atoms with Gasteiger partial charge < -0.3 is 10.1 Å². The average molecular weight is 295 g/mol. The van der Waals surface area contributed by atoms with Gasteiger partial charge in [-0.05, 0) is 26.0 Å². The number of esters is 1. The highest BCUT2D eigenvalue weighted by Gasteiger charge is 2.25. The molecule has 0 bridgehead atoms. The number of ether oxygens (including phenoxy) is 1. The Morgan fingerprint density at radius 1 is 1.40 bits per heavy atom. The first kappa shape index (κ1) is 15.1. The number of carbonyl (C=O) groups is 1. The van der Waals surface area contributed by atoms with Crippen LogP contribution in [0.2, 0.25) is 0 Å². The van der Waals surface area contributed by atoms with Crippen LogP contribution in [0.15, 0.2) is 6.07 Å². The fourth-order valence-corrected chi connectivity index (χ4v) is 3.49. The first-order valence-corrected chi connectivity index (χ1v) is 8.16. The van der Waals surface area contributed by atoms with Crippen molar-refractivity contribution in [1.29, 1.82) is 0 Å². The lowest BCUT2D eigenvalue weighted by Crippen LogP contribution is -2.34. The van der Waals surface area contributed by atoms with Gasteiger partial charge in [-0.15, -0.1) is 0 Å². The third-order valence-electron chi connectivity index (χ3n) is 3.56. The summed E-state index contributed by atoms with van der Waals surface area (Å²) in [7, 11) is 1.34. The number of hydrogen-bond donors (Lipinski definition) is 1. The van der Waals surface area contributed by atoms with Crippen LogP contribution in [0.25, 0.3) is 0 Å². The van der Waals surface area contributed by atoms with Crippen LogP contribution < -0.4 is 5.32 Å². The highest BCUT2D eigenvalue weighted by molar-refractivity contribution is 7.99. The molecular formula is C14H21N3O2S. The number of thioether (sulfide) groups is 1. The van der Waals surface area contributed by atoms with Gasteiger partial charge in [0.25, 0.3) is 0 Å². The second kappa shape index (κ2) is 6.92. The molecule has 1 saturated carbocycles. The predicted octanol–water partition coefficient (Wildman–Crippen LogP) is 2.66. The zero-order valence-corrected chi connectivity index (χ0v) is 13.0. The molecule has 5 nitrogen and oxygen atoms in total. The van der Waals surface area contributed by atoms with E-state index in [0.29, 0.717) is 17.1 Å². The third kappa shape index (κ3) is 3.62. The lowest BCUT2D eigenvalue weighted by atomic mass is 9.95. The number of aryl methyl sites for hydroxylation is 1. The van der Waals surface area contributed by atoms with Gasteiger partial charge >= 0.3 is 5.97 Å². The van der Waals surface area contributed by atoms with Gasteiger partial charge in [0.2, 0.25) is 5.82 Å². The summed E-state index contributed by atoms with van der Waals surface area (Å²) >= 11 is 1.89. The van der Waals surface area contributed by atoms with Crippen LogP contribution in [0, 0.1) is 6.92 Å². The smallest absolute Gasteiger partial charge is 0.376 e. The molecule has 0 aliphatic heterocycles. The first-order valence-electron chi connectivity index (χ1n) is 6.87. The Kier molecular flexibility index (Phi) is 5.23. The van der Waals surface area contributed by atoms with E-state index in [4.69, 9.17) is 0 Å². The quantitative estimate of drug-likeness (QED) is 0.862. The number of anilines is 1. The summed E-state index contributed by atoms with van der Waals surface area (Å²) in [5.41, 5.74) is 0.763. The van der Waals surface area contributed by atoms with E-state index in [2.05, 4.69) is 26.3 Å². The fraction of sp³-hybridized carbons (Fsp3) is 0.643. The van der Waals surface area contributed by atoms with E-state index in [-0.39, 0.29) is 5.82 Å². The molecule has 0 spiro atoms. The molecule has 1 fully saturated rings. The van der Waals surface area contributed by atoms with Crippen LogP contribution >= 0.6 is 11.8 Å².